The van der Waals surface area contributed by atoms with E-state index >= 15 is 0 Å². The van der Waals surface area contributed by atoms with E-state index in [0.29, 0.717) is 0 Å². The lowest BCUT2D eigenvalue weighted by Crippen LogP contribution is -2.69. The van der Waals surface area contributed by atoms with Crippen LogP contribution in [-0.2, 0) is 11.3 Å². The van der Waals surface area contributed by atoms with E-state index in [1.165, 1.54) is 5.48 Å². The summed E-state index contributed by atoms with van der Waals surface area (Å²) in [5, 5.41) is 21.6. The Morgan fingerprint density at radius 1 is 1.04 bits per heavy atom. The van der Waals surface area contributed by atoms with Gasteiger partial charge in [0.25, 0.3) is 12.3 Å². The molecule has 2 aromatic rings. The number of alkyl halides is 2. The molecule has 1 amide bonds. The van der Waals surface area contributed by atoms with E-state index in [1.807, 2.05) is 42.5 Å². The Balaban J connectivity index is 2.18. The second-order valence-electron chi connectivity index (χ2n) is 6.43. The molecule has 0 aliphatic carbocycles. The van der Waals surface area contributed by atoms with Crippen LogP contribution in [-0.4, -0.2) is 33.8 Å². The molecule has 0 spiro atoms. The summed E-state index contributed by atoms with van der Waals surface area (Å²) < 4.78 is 26.4. The Kier molecular flexibility index (Phi) is 6.07. The number of benzene rings is 2. The fraction of sp³-hybridized carbons (Fsp3) is 0.316. The van der Waals surface area contributed by atoms with Gasteiger partial charge in [-0.05, 0) is 30.5 Å². The Bertz CT molecular complexity index is 736. The minimum absolute atomic E-state index is 0.0435. The first-order chi connectivity index (χ1) is 12.2. The van der Waals surface area contributed by atoms with Crippen molar-refractivity contribution in [3.05, 3.63) is 60.2 Å². The van der Waals surface area contributed by atoms with Crippen LogP contribution >= 0.6 is 0 Å². The van der Waals surface area contributed by atoms with E-state index in [0.717, 1.165) is 30.5 Å². The maximum Gasteiger partial charge on any atom is 0.268 e. The molecule has 0 aromatic heterocycles. The molecule has 26 heavy (non-hydrogen) atoms. The van der Waals surface area contributed by atoms with Gasteiger partial charge in [-0.2, -0.15) is 0 Å². The van der Waals surface area contributed by atoms with Crippen molar-refractivity contribution < 1.29 is 23.9 Å². The third-order valence-corrected chi connectivity index (χ3v) is 4.70. The number of nitrogens with one attached hydrogen (secondary N) is 2. The molecule has 7 heteroatoms. The number of amides is 1. The van der Waals surface area contributed by atoms with Crippen LogP contribution in [0.2, 0.25) is 0 Å². The fourth-order valence-electron chi connectivity index (χ4n) is 2.54. The van der Waals surface area contributed by atoms with E-state index in [1.54, 1.807) is 12.1 Å². The number of hydrogen-bond acceptors (Lipinski definition) is 4. The topological polar surface area (TPSA) is 81.6 Å². The number of hydroxylamine groups is 1. The van der Waals surface area contributed by atoms with Gasteiger partial charge >= 0.3 is 0 Å². The molecular weight excluding hydrogens is 342 g/mol. The van der Waals surface area contributed by atoms with Crippen molar-refractivity contribution in [3.63, 3.8) is 0 Å². The summed E-state index contributed by atoms with van der Waals surface area (Å²) >= 11 is 0. The molecule has 0 bridgehead atoms. The van der Waals surface area contributed by atoms with Gasteiger partial charge in [0.15, 0.2) is 0 Å². The van der Waals surface area contributed by atoms with Crippen LogP contribution in [0, 0.1) is 0 Å². The lowest BCUT2D eigenvalue weighted by molar-refractivity contribution is -0.167. The van der Waals surface area contributed by atoms with Crippen molar-refractivity contribution in [2.24, 2.45) is 0 Å². The highest BCUT2D eigenvalue weighted by atomic mass is 19.3. The summed E-state index contributed by atoms with van der Waals surface area (Å²) in [5.74, 6) is -1.15. The largest absolute Gasteiger partial charge is 0.382 e. The average molecular weight is 364 g/mol. The second kappa shape index (κ2) is 7.90. The van der Waals surface area contributed by atoms with E-state index in [2.05, 4.69) is 5.32 Å². The summed E-state index contributed by atoms with van der Waals surface area (Å²) in [5.41, 5.74) is -0.697. The number of carbonyl (C=O) groups is 1. The minimum atomic E-state index is -3.20. The maximum atomic E-state index is 13.2. The van der Waals surface area contributed by atoms with Crippen molar-refractivity contribution in [1.29, 1.82) is 0 Å². The van der Waals surface area contributed by atoms with E-state index in [9.17, 15) is 18.7 Å². The Hall–Kier alpha value is -2.35. The molecular formula is C19H22F2N2O3. The molecule has 0 aliphatic heterocycles. The molecule has 0 heterocycles. The van der Waals surface area contributed by atoms with Gasteiger partial charge < -0.3 is 5.11 Å². The molecule has 4 N–H and O–H groups in total. The normalized spacial score (nSPS) is 16.0. The molecule has 0 saturated carbocycles. The van der Waals surface area contributed by atoms with Crippen molar-refractivity contribution in [2.45, 2.75) is 38.0 Å². The second-order valence-corrected chi connectivity index (χ2v) is 6.43. The highest BCUT2D eigenvalue weighted by Gasteiger charge is 2.54. The quantitative estimate of drug-likeness (QED) is 0.450. The fourth-order valence-corrected chi connectivity index (χ4v) is 2.54. The number of hydrogen-bond donors (Lipinski definition) is 4. The van der Waals surface area contributed by atoms with Gasteiger partial charge in [-0.3, -0.25) is 15.3 Å². The molecule has 2 unspecified atom stereocenters. The van der Waals surface area contributed by atoms with Crippen LogP contribution < -0.4 is 10.8 Å². The van der Waals surface area contributed by atoms with Gasteiger partial charge in [0.2, 0.25) is 0 Å². The van der Waals surface area contributed by atoms with Crippen LogP contribution in [0.5, 0.6) is 0 Å². The molecule has 5 nitrogen and oxygen atoms in total. The standard InChI is InChI=1S/C19H22F2N2O3/c1-18(17(24)23-26,19(2,25)16(20)21)22-12-13-8-10-15(11-9-13)14-6-4-3-5-7-14/h3-11,16,22,25-26H,12H2,1-2H3,(H,23,24). The first kappa shape index (κ1) is 20.0. The summed E-state index contributed by atoms with van der Waals surface area (Å²) in [4.78, 5) is 11.9. The van der Waals surface area contributed by atoms with Crippen molar-refractivity contribution in [1.82, 2.24) is 10.8 Å². The summed E-state index contributed by atoms with van der Waals surface area (Å²) in [6.45, 7) is 2.00. The Morgan fingerprint density at radius 3 is 2.08 bits per heavy atom. The zero-order chi connectivity index (χ0) is 19.4. The summed E-state index contributed by atoms with van der Waals surface area (Å²) in [6.07, 6.45) is -3.20. The van der Waals surface area contributed by atoms with Gasteiger partial charge in [0.1, 0.15) is 11.1 Å². The van der Waals surface area contributed by atoms with Crippen LogP contribution in [0.15, 0.2) is 54.6 Å². The minimum Gasteiger partial charge on any atom is -0.382 e. The molecule has 0 radical (unpaired) electrons. The van der Waals surface area contributed by atoms with Gasteiger partial charge in [-0.1, -0.05) is 54.6 Å². The Morgan fingerprint density at radius 2 is 1.58 bits per heavy atom. The van der Waals surface area contributed by atoms with Crippen molar-refractivity contribution >= 4 is 5.91 Å². The molecule has 2 rings (SSSR count). The smallest absolute Gasteiger partial charge is 0.268 e. The number of carbonyl (C=O) groups excluding carboxylic acids is 1. The number of rotatable bonds is 7. The zero-order valence-electron chi connectivity index (χ0n) is 14.5. The highest BCUT2D eigenvalue weighted by molar-refractivity contribution is 5.86. The molecule has 0 saturated heterocycles. The highest BCUT2D eigenvalue weighted by Crippen LogP contribution is 2.29. The predicted molar refractivity (Wildman–Crippen MR) is 93.7 cm³/mol. The van der Waals surface area contributed by atoms with E-state index < -0.39 is 23.5 Å². The SMILES string of the molecule is CC(NCc1ccc(-c2ccccc2)cc1)(C(=O)NO)C(C)(O)C(F)F. The molecule has 140 valence electrons. The lowest BCUT2D eigenvalue weighted by Gasteiger charge is -2.40. The predicted octanol–water partition coefficient (Wildman–Crippen LogP) is 2.72. The van der Waals surface area contributed by atoms with Gasteiger partial charge in [0.05, 0.1) is 0 Å². The molecule has 2 aromatic carbocycles. The third kappa shape index (κ3) is 3.90. The summed E-state index contributed by atoms with van der Waals surface area (Å²) in [7, 11) is 0. The lowest BCUT2D eigenvalue weighted by atomic mass is 9.81. The first-order valence-corrected chi connectivity index (χ1v) is 8.07. The maximum absolute atomic E-state index is 13.2. The van der Waals surface area contributed by atoms with Gasteiger partial charge in [-0.25, -0.2) is 14.3 Å². The third-order valence-electron chi connectivity index (χ3n) is 4.70. The van der Waals surface area contributed by atoms with Crippen molar-refractivity contribution in [2.75, 3.05) is 0 Å². The number of halogens is 2. The van der Waals surface area contributed by atoms with Crippen LogP contribution in [0.1, 0.15) is 19.4 Å². The van der Waals surface area contributed by atoms with Crippen LogP contribution in [0.3, 0.4) is 0 Å². The molecule has 0 aliphatic rings. The molecule has 2 atom stereocenters. The van der Waals surface area contributed by atoms with E-state index in [4.69, 9.17) is 5.21 Å². The number of aliphatic hydroxyl groups is 1. The molecule has 0 fully saturated rings. The van der Waals surface area contributed by atoms with Gasteiger partial charge in [0, 0.05) is 6.54 Å². The summed E-state index contributed by atoms with van der Waals surface area (Å²) in [6, 6.07) is 17.1. The average Bonchev–Trinajstić information content (AvgIpc) is 2.66. The van der Waals surface area contributed by atoms with Gasteiger partial charge in [-0.15, -0.1) is 0 Å². The zero-order valence-corrected chi connectivity index (χ0v) is 14.5. The Labute approximate surface area is 150 Å². The van der Waals surface area contributed by atoms with Crippen molar-refractivity contribution in [3.8, 4) is 11.1 Å². The van der Waals surface area contributed by atoms with Crippen LogP contribution in [0.25, 0.3) is 11.1 Å². The first-order valence-electron chi connectivity index (χ1n) is 8.07. The van der Waals surface area contributed by atoms with Crippen LogP contribution in [0.4, 0.5) is 8.78 Å². The monoisotopic (exact) mass is 364 g/mol. The van der Waals surface area contributed by atoms with E-state index in [-0.39, 0.29) is 6.54 Å².